The van der Waals surface area contributed by atoms with Crippen LogP contribution in [0.5, 0.6) is 0 Å². The van der Waals surface area contributed by atoms with Gasteiger partial charge in [0.15, 0.2) is 11.6 Å². The molecule has 0 spiro atoms. The Morgan fingerprint density at radius 3 is 2.52 bits per heavy atom. The maximum absolute atomic E-state index is 13.7. The molecule has 132 valence electrons. The van der Waals surface area contributed by atoms with Gasteiger partial charge < -0.3 is 4.57 Å². The molecule has 0 N–H and O–H groups in total. The van der Waals surface area contributed by atoms with Gasteiger partial charge in [0.2, 0.25) is 5.43 Å². The Balaban J connectivity index is 1.85. The molecule has 0 unspecified atom stereocenters. The molecule has 0 amide bonds. The Morgan fingerprint density at radius 1 is 0.889 bits per heavy atom. The van der Waals surface area contributed by atoms with Gasteiger partial charge in [-0.25, -0.2) is 8.78 Å². The second-order valence-corrected chi connectivity index (χ2v) is 6.47. The first-order valence-electron chi connectivity index (χ1n) is 8.38. The zero-order valence-electron chi connectivity index (χ0n) is 13.9. The van der Waals surface area contributed by atoms with Crippen LogP contribution in [0.4, 0.5) is 8.78 Å². The van der Waals surface area contributed by atoms with Crippen molar-refractivity contribution in [3.05, 3.63) is 93.8 Å². The topological polar surface area (TPSA) is 44.0 Å². The minimum Gasteiger partial charge on any atom is -0.334 e. The van der Waals surface area contributed by atoms with Crippen LogP contribution in [0.1, 0.15) is 15.9 Å². The predicted molar refractivity (Wildman–Crippen MR) is 96.8 cm³/mol. The van der Waals surface area contributed by atoms with Crippen LogP contribution in [-0.2, 0) is 6.54 Å². The number of carbonyl (C=O) groups excluding carboxylic acids is 1. The normalized spacial score (nSPS) is 12.4. The molecular weight excluding hydrogens is 350 g/mol. The van der Waals surface area contributed by atoms with E-state index in [-0.39, 0.29) is 23.4 Å². The third-order valence-corrected chi connectivity index (χ3v) is 4.92. The van der Waals surface area contributed by atoms with Gasteiger partial charge in [-0.1, -0.05) is 18.2 Å². The molecule has 2 aromatic carbocycles. The molecule has 0 aliphatic carbocycles. The summed E-state index contributed by atoms with van der Waals surface area (Å²) in [6.45, 7) is 0.193. The van der Waals surface area contributed by atoms with E-state index < -0.39 is 11.6 Å². The fourth-order valence-corrected chi connectivity index (χ4v) is 3.72. The quantitative estimate of drug-likeness (QED) is 0.479. The molecule has 0 saturated heterocycles. The van der Waals surface area contributed by atoms with Crippen LogP contribution in [0.25, 0.3) is 22.3 Å². The van der Waals surface area contributed by atoms with Crippen LogP contribution in [0.2, 0.25) is 0 Å². The summed E-state index contributed by atoms with van der Waals surface area (Å²) in [6.07, 6.45) is 1.61. The number of aromatic nitrogens is 2. The number of benzene rings is 2. The molecule has 1 aliphatic heterocycles. The van der Waals surface area contributed by atoms with E-state index in [4.69, 9.17) is 0 Å². The van der Waals surface area contributed by atoms with Crippen molar-refractivity contribution in [2.24, 2.45) is 0 Å². The number of rotatable bonds is 2. The molecule has 3 heterocycles. The zero-order chi connectivity index (χ0) is 18.7. The van der Waals surface area contributed by atoms with Crippen molar-refractivity contribution >= 4 is 16.8 Å². The van der Waals surface area contributed by atoms with Crippen LogP contribution in [0.15, 0.2) is 65.6 Å². The molecule has 0 fully saturated rings. The van der Waals surface area contributed by atoms with E-state index in [2.05, 4.69) is 0 Å². The number of carbonyl (C=O) groups is 1. The number of para-hydroxylation sites is 1. The molecule has 6 heteroatoms. The highest BCUT2D eigenvalue weighted by molar-refractivity contribution is 6.10. The highest BCUT2D eigenvalue weighted by Gasteiger charge is 2.32. The average Bonchev–Trinajstić information content (AvgIpc) is 3.24. The Labute approximate surface area is 151 Å². The van der Waals surface area contributed by atoms with Crippen molar-refractivity contribution in [2.75, 3.05) is 0 Å². The molecule has 0 radical (unpaired) electrons. The second kappa shape index (κ2) is 5.48. The van der Waals surface area contributed by atoms with Gasteiger partial charge in [0.25, 0.3) is 5.91 Å². The molecule has 0 bridgehead atoms. The van der Waals surface area contributed by atoms with E-state index >= 15 is 0 Å². The standard InChI is InChI=1S/C21H12F2N2O2/c22-14-8-7-12(10-15(14)23)11-25-16-5-2-1-4-13(16)20(26)18-19(25)17-6-3-9-24(17)21(18)27/h1-10H,11H2. The summed E-state index contributed by atoms with van der Waals surface area (Å²) in [7, 11) is 0. The second-order valence-electron chi connectivity index (χ2n) is 6.47. The minimum atomic E-state index is -0.936. The lowest BCUT2D eigenvalue weighted by atomic mass is 10.1. The summed E-state index contributed by atoms with van der Waals surface area (Å²) in [6, 6.07) is 14.2. The molecule has 5 rings (SSSR count). The first-order chi connectivity index (χ1) is 13.1. The number of fused-ring (bicyclic) bond motifs is 4. The number of pyridine rings is 1. The van der Waals surface area contributed by atoms with Gasteiger partial charge in [0.1, 0.15) is 5.56 Å². The molecule has 4 nitrogen and oxygen atoms in total. The Morgan fingerprint density at radius 2 is 1.70 bits per heavy atom. The lowest BCUT2D eigenvalue weighted by molar-refractivity contribution is 0.0968. The Hall–Kier alpha value is -3.54. The molecular formula is C21H12F2N2O2. The van der Waals surface area contributed by atoms with Crippen LogP contribution < -0.4 is 5.43 Å². The van der Waals surface area contributed by atoms with Gasteiger partial charge in [0.05, 0.1) is 16.9 Å². The van der Waals surface area contributed by atoms with Crippen molar-refractivity contribution in [3.63, 3.8) is 0 Å². The minimum absolute atomic E-state index is 0.104. The summed E-state index contributed by atoms with van der Waals surface area (Å²) in [4.78, 5) is 25.7. The fourth-order valence-electron chi connectivity index (χ4n) is 3.72. The lowest BCUT2D eigenvalue weighted by Crippen LogP contribution is -2.20. The first-order valence-corrected chi connectivity index (χ1v) is 8.38. The zero-order valence-corrected chi connectivity index (χ0v) is 13.9. The van der Waals surface area contributed by atoms with Crippen LogP contribution in [0, 0.1) is 11.6 Å². The van der Waals surface area contributed by atoms with E-state index in [9.17, 15) is 18.4 Å². The van der Waals surface area contributed by atoms with Crippen LogP contribution in [0.3, 0.4) is 0 Å². The first kappa shape index (κ1) is 15.7. The van der Waals surface area contributed by atoms with Crippen LogP contribution in [-0.4, -0.2) is 15.0 Å². The maximum Gasteiger partial charge on any atom is 0.268 e. The van der Waals surface area contributed by atoms with Gasteiger partial charge in [-0.3, -0.25) is 14.2 Å². The van der Waals surface area contributed by atoms with Crippen molar-refractivity contribution < 1.29 is 13.6 Å². The van der Waals surface area contributed by atoms with E-state index in [1.807, 2.05) is 4.57 Å². The highest BCUT2D eigenvalue weighted by atomic mass is 19.2. The van der Waals surface area contributed by atoms with Crippen molar-refractivity contribution in [1.82, 2.24) is 9.13 Å². The van der Waals surface area contributed by atoms with Crippen LogP contribution >= 0.6 is 0 Å². The average molecular weight is 362 g/mol. The Bertz CT molecular complexity index is 1320. The van der Waals surface area contributed by atoms with Gasteiger partial charge in [-0.15, -0.1) is 0 Å². The maximum atomic E-state index is 13.7. The van der Waals surface area contributed by atoms with Crippen molar-refractivity contribution in [2.45, 2.75) is 6.54 Å². The predicted octanol–water partition coefficient (Wildman–Crippen LogP) is 3.80. The number of nitrogens with zero attached hydrogens (tertiary/aromatic N) is 2. The summed E-state index contributed by atoms with van der Waals surface area (Å²) in [5, 5.41) is 0.415. The third kappa shape index (κ3) is 2.13. The van der Waals surface area contributed by atoms with E-state index in [1.54, 1.807) is 42.6 Å². The summed E-state index contributed by atoms with van der Waals surface area (Å²) >= 11 is 0. The smallest absolute Gasteiger partial charge is 0.268 e. The monoisotopic (exact) mass is 362 g/mol. The van der Waals surface area contributed by atoms with Gasteiger partial charge in [0, 0.05) is 18.1 Å². The van der Waals surface area contributed by atoms with Gasteiger partial charge >= 0.3 is 0 Å². The highest BCUT2D eigenvalue weighted by Crippen LogP contribution is 2.33. The SMILES string of the molecule is O=C1c2c(n(Cc3ccc(F)c(F)c3)c3ccccc3c2=O)-c2cccn21. The van der Waals surface area contributed by atoms with E-state index in [0.29, 0.717) is 27.9 Å². The summed E-state index contributed by atoms with van der Waals surface area (Å²) in [5.74, 6) is -2.23. The molecule has 0 saturated carbocycles. The summed E-state index contributed by atoms with van der Waals surface area (Å²) < 4.78 is 30.2. The fraction of sp³-hybridized carbons (Fsp3) is 0.0476. The summed E-state index contributed by atoms with van der Waals surface area (Å²) in [5.41, 5.74) is 2.05. The van der Waals surface area contributed by atoms with Crippen molar-refractivity contribution in [1.29, 1.82) is 0 Å². The van der Waals surface area contributed by atoms with Crippen molar-refractivity contribution in [3.8, 4) is 11.4 Å². The molecule has 2 aromatic heterocycles. The lowest BCUT2D eigenvalue weighted by Gasteiger charge is -2.16. The molecule has 27 heavy (non-hydrogen) atoms. The van der Waals surface area contributed by atoms with Gasteiger partial charge in [-0.05, 0) is 42.0 Å². The van der Waals surface area contributed by atoms with E-state index in [0.717, 1.165) is 12.1 Å². The molecule has 1 aliphatic rings. The number of hydrogen-bond donors (Lipinski definition) is 0. The molecule has 0 atom stereocenters. The largest absolute Gasteiger partial charge is 0.334 e. The van der Waals surface area contributed by atoms with Gasteiger partial charge in [-0.2, -0.15) is 0 Å². The van der Waals surface area contributed by atoms with E-state index in [1.165, 1.54) is 10.6 Å². The number of halogens is 2. The number of hydrogen-bond acceptors (Lipinski definition) is 2. The molecule has 4 aromatic rings. The Kier molecular flexibility index (Phi) is 3.18. The third-order valence-electron chi connectivity index (χ3n) is 4.92.